The molecule has 9 heteroatoms. The summed E-state index contributed by atoms with van der Waals surface area (Å²) in [6.45, 7) is 7.32. The number of nitrogens with one attached hydrogen (secondary N) is 1. The second-order valence-electron chi connectivity index (χ2n) is 9.92. The standard InChI is InChI=1S/C31H30ClF3N4O/c1-5-20-8-6-7-18(2)24(20)13-21-10-12-39(30-37-15-22(16-38-30)31(33,34)35)17-26(21)19(3)25-14-27(32)29(40-4)28-23(25)9-11-36-28/h6-9,11,13-16,36H,5,10,12,17H2,1-4H3/b21-13-,26-19+. The molecular formula is C31H30ClF3N4O. The summed E-state index contributed by atoms with van der Waals surface area (Å²) < 4.78 is 44.9. The van der Waals surface area contributed by atoms with Crippen LogP contribution in [0.25, 0.3) is 22.6 Å². The maximum atomic E-state index is 13.1. The largest absolute Gasteiger partial charge is 0.493 e. The molecule has 0 amide bonds. The van der Waals surface area contributed by atoms with Gasteiger partial charge in [-0.15, -0.1) is 0 Å². The van der Waals surface area contributed by atoms with Gasteiger partial charge in [-0.1, -0.05) is 42.8 Å². The number of fused-ring (bicyclic) bond motifs is 1. The van der Waals surface area contributed by atoms with Crippen molar-refractivity contribution in [2.24, 2.45) is 0 Å². The summed E-state index contributed by atoms with van der Waals surface area (Å²) >= 11 is 6.65. The summed E-state index contributed by atoms with van der Waals surface area (Å²) in [4.78, 5) is 13.3. The fraction of sp³-hybridized carbons (Fsp3) is 0.290. The maximum absolute atomic E-state index is 13.1. The molecule has 1 fully saturated rings. The highest BCUT2D eigenvalue weighted by Gasteiger charge is 2.32. The first kappa shape index (κ1) is 27.8. The molecule has 208 valence electrons. The van der Waals surface area contributed by atoms with Crippen molar-refractivity contribution in [2.45, 2.75) is 39.8 Å². The third kappa shape index (κ3) is 5.20. The van der Waals surface area contributed by atoms with Crippen LogP contribution in [-0.4, -0.2) is 35.2 Å². The molecule has 0 unspecified atom stereocenters. The van der Waals surface area contributed by atoms with E-state index in [0.717, 1.165) is 46.4 Å². The van der Waals surface area contributed by atoms with E-state index in [4.69, 9.17) is 16.3 Å². The van der Waals surface area contributed by atoms with E-state index in [9.17, 15) is 13.2 Å². The molecule has 0 saturated carbocycles. The number of aryl methyl sites for hydroxylation is 2. The lowest BCUT2D eigenvalue weighted by atomic mass is 9.87. The van der Waals surface area contributed by atoms with E-state index in [2.05, 4.69) is 60.0 Å². The van der Waals surface area contributed by atoms with Gasteiger partial charge in [0.05, 0.1) is 23.2 Å². The number of anilines is 1. The van der Waals surface area contributed by atoms with Crippen LogP contribution in [0, 0.1) is 6.92 Å². The number of nitrogens with zero attached hydrogens (tertiary/aromatic N) is 3. The Morgan fingerprint density at radius 2 is 1.95 bits per heavy atom. The average molecular weight is 567 g/mol. The number of aromatic amines is 1. The van der Waals surface area contributed by atoms with Crippen LogP contribution in [0.4, 0.5) is 19.1 Å². The Kier molecular flexibility index (Phi) is 7.64. The van der Waals surface area contributed by atoms with Crippen molar-refractivity contribution in [3.8, 4) is 5.75 Å². The minimum absolute atomic E-state index is 0.266. The predicted molar refractivity (Wildman–Crippen MR) is 155 cm³/mol. The molecule has 0 spiro atoms. The summed E-state index contributed by atoms with van der Waals surface area (Å²) in [5.41, 5.74) is 7.79. The summed E-state index contributed by atoms with van der Waals surface area (Å²) in [6, 6.07) is 10.2. The SMILES string of the molecule is CCc1cccc(C)c1/C=C1/CCN(c2ncc(C(F)(F)F)cn2)C/C1=C(/C)c1cc(Cl)c(OC)c2[nH]ccc12. The molecule has 1 saturated heterocycles. The zero-order valence-electron chi connectivity index (χ0n) is 22.8. The Morgan fingerprint density at radius 1 is 1.20 bits per heavy atom. The molecule has 1 aliphatic heterocycles. The highest BCUT2D eigenvalue weighted by Crippen LogP contribution is 2.41. The van der Waals surface area contributed by atoms with Gasteiger partial charge in [-0.05, 0) is 77.8 Å². The van der Waals surface area contributed by atoms with E-state index in [1.165, 1.54) is 22.3 Å². The van der Waals surface area contributed by atoms with Crippen molar-refractivity contribution >= 4 is 40.1 Å². The number of allylic oxidation sites excluding steroid dienone is 1. The summed E-state index contributed by atoms with van der Waals surface area (Å²) in [7, 11) is 1.59. The van der Waals surface area contributed by atoms with Gasteiger partial charge in [-0.2, -0.15) is 13.2 Å². The molecule has 4 aromatic rings. The molecule has 2 aromatic heterocycles. The number of hydrogen-bond donors (Lipinski definition) is 1. The average Bonchev–Trinajstić information content (AvgIpc) is 3.43. The van der Waals surface area contributed by atoms with Gasteiger partial charge in [0.2, 0.25) is 5.95 Å². The Balaban J connectivity index is 1.66. The molecular weight excluding hydrogens is 537 g/mol. The van der Waals surface area contributed by atoms with E-state index in [-0.39, 0.29) is 5.95 Å². The number of halogens is 4. The molecule has 0 radical (unpaired) electrons. The number of hydrogen-bond acceptors (Lipinski definition) is 4. The maximum Gasteiger partial charge on any atom is 0.419 e. The summed E-state index contributed by atoms with van der Waals surface area (Å²) in [6.07, 6.45) is 2.90. The number of ether oxygens (including phenoxy) is 1. The van der Waals surface area contributed by atoms with Crippen LogP contribution in [0.1, 0.15) is 48.1 Å². The van der Waals surface area contributed by atoms with Crippen molar-refractivity contribution < 1.29 is 17.9 Å². The molecule has 3 heterocycles. The van der Waals surface area contributed by atoms with Crippen molar-refractivity contribution in [2.75, 3.05) is 25.1 Å². The van der Waals surface area contributed by atoms with Crippen molar-refractivity contribution in [3.63, 3.8) is 0 Å². The van der Waals surface area contributed by atoms with Gasteiger partial charge in [-0.25, -0.2) is 9.97 Å². The van der Waals surface area contributed by atoms with Gasteiger partial charge in [-0.3, -0.25) is 0 Å². The van der Waals surface area contributed by atoms with E-state index in [1.807, 2.05) is 23.2 Å². The fourth-order valence-electron chi connectivity index (χ4n) is 5.37. The number of H-pyrrole nitrogens is 1. The van der Waals surface area contributed by atoms with Crippen LogP contribution in [0.3, 0.4) is 0 Å². The van der Waals surface area contributed by atoms with Crippen LogP contribution in [-0.2, 0) is 12.6 Å². The predicted octanol–water partition coefficient (Wildman–Crippen LogP) is 8.28. The van der Waals surface area contributed by atoms with E-state index in [1.54, 1.807) is 7.11 Å². The lowest BCUT2D eigenvalue weighted by molar-refractivity contribution is -0.138. The second-order valence-corrected chi connectivity index (χ2v) is 10.3. The smallest absolute Gasteiger partial charge is 0.419 e. The van der Waals surface area contributed by atoms with Gasteiger partial charge < -0.3 is 14.6 Å². The third-order valence-corrected chi connectivity index (χ3v) is 7.84. The Hall–Kier alpha value is -3.78. The monoisotopic (exact) mass is 566 g/mol. The molecule has 0 bridgehead atoms. The van der Waals surface area contributed by atoms with Crippen LogP contribution < -0.4 is 9.64 Å². The van der Waals surface area contributed by atoms with Gasteiger partial charge >= 0.3 is 6.18 Å². The minimum atomic E-state index is -4.49. The topological polar surface area (TPSA) is 54.0 Å². The van der Waals surface area contributed by atoms with Gasteiger partial charge in [0.25, 0.3) is 0 Å². The summed E-state index contributed by atoms with van der Waals surface area (Å²) in [5.74, 6) is 0.844. The van der Waals surface area contributed by atoms with Crippen LogP contribution in [0.5, 0.6) is 5.75 Å². The Morgan fingerprint density at radius 3 is 2.62 bits per heavy atom. The van der Waals surface area contributed by atoms with Crippen molar-refractivity contribution in [1.82, 2.24) is 15.0 Å². The highest BCUT2D eigenvalue weighted by atomic mass is 35.5. The minimum Gasteiger partial charge on any atom is -0.493 e. The van der Waals surface area contributed by atoms with Gasteiger partial charge in [0, 0.05) is 37.1 Å². The van der Waals surface area contributed by atoms with Crippen LogP contribution in [0.2, 0.25) is 5.02 Å². The number of benzene rings is 2. The molecule has 0 aliphatic carbocycles. The zero-order valence-corrected chi connectivity index (χ0v) is 23.5. The van der Waals surface area contributed by atoms with E-state index in [0.29, 0.717) is 30.3 Å². The third-order valence-electron chi connectivity index (χ3n) is 7.56. The van der Waals surface area contributed by atoms with Gasteiger partial charge in [0.1, 0.15) is 0 Å². The Bertz CT molecular complexity index is 1620. The Labute approximate surface area is 236 Å². The first-order valence-electron chi connectivity index (χ1n) is 13.1. The van der Waals surface area contributed by atoms with Gasteiger partial charge in [0.15, 0.2) is 5.75 Å². The summed E-state index contributed by atoms with van der Waals surface area (Å²) in [5, 5.41) is 1.46. The first-order chi connectivity index (χ1) is 19.1. The molecule has 0 atom stereocenters. The molecule has 1 N–H and O–H groups in total. The normalized spacial score (nSPS) is 16.6. The van der Waals surface area contributed by atoms with E-state index < -0.39 is 11.7 Å². The molecule has 40 heavy (non-hydrogen) atoms. The quantitative estimate of drug-likeness (QED) is 0.264. The number of piperidine rings is 1. The van der Waals surface area contributed by atoms with E-state index >= 15 is 0 Å². The number of rotatable bonds is 5. The highest BCUT2D eigenvalue weighted by molar-refractivity contribution is 6.33. The molecule has 5 nitrogen and oxygen atoms in total. The number of alkyl halides is 3. The van der Waals surface area contributed by atoms with Crippen LogP contribution >= 0.6 is 11.6 Å². The number of aromatic nitrogens is 3. The molecule has 5 rings (SSSR count). The molecule has 2 aromatic carbocycles. The first-order valence-corrected chi connectivity index (χ1v) is 13.5. The van der Waals surface area contributed by atoms with Crippen molar-refractivity contribution in [3.05, 3.63) is 92.9 Å². The lowest BCUT2D eigenvalue weighted by Gasteiger charge is -2.32. The lowest BCUT2D eigenvalue weighted by Crippen LogP contribution is -2.34. The fourth-order valence-corrected chi connectivity index (χ4v) is 5.65. The number of methoxy groups -OCH3 is 1. The second kappa shape index (κ2) is 11.0. The van der Waals surface area contributed by atoms with Crippen LogP contribution in [0.15, 0.2) is 60.1 Å². The van der Waals surface area contributed by atoms with Crippen molar-refractivity contribution in [1.29, 1.82) is 0 Å². The zero-order chi connectivity index (χ0) is 28.6. The molecule has 1 aliphatic rings.